The minimum Gasteiger partial charge on any atom is -0.497 e. The molecule has 0 fully saturated rings. The molecule has 0 aliphatic heterocycles. The van der Waals surface area contributed by atoms with Gasteiger partial charge in [-0.05, 0) is 37.3 Å². The Morgan fingerprint density at radius 1 is 1.29 bits per heavy atom. The molecule has 3 heterocycles. The third-order valence-electron chi connectivity index (χ3n) is 4.32. The summed E-state index contributed by atoms with van der Waals surface area (Å²) in [4.78, 5) is 24.0. The van der Waals surface area contributed by atoms with Crippen molar-refractivity contribution < 1.29 is 9.53 Å². The van der Waals surface area contributed by atoms with Gasteiger partial charge in [0.05, 0.1) is 29.6 Å². The van der Waals surface area contributed by atoms with Gasteiger partial charge in [0.25, 0.3) is 5.91 Å². The van der Waals surface area contributed by atoms with Crippen LogP contribution in [0.5, 0.6) is 5.75 Å². The maximum absolute atomic E-state index is 13.3. The van der Waals surface area contributed by atoms with Crippen molar-refractivity contribution in [2.75, 3.05) is 12.0 Å². The molecular formula is C20H19N5O2S. The van der Waals surface area contributed by atoms with Crippen LogP contribution in [0.4, 0.5) is 5.13 Å². The zero-order valence-corrected chi connectivity index (χ0v) is 16.6. The molecular weight excluding hydrogens is 374 g/mol. The van der Waals surface area contributed by atoms with E-state index in [1.165, 1.54) is 11.3 Å². The van der Waals surface area contributed by atoms with Gasteiger partial charge < -0.3 is 4.74 Å². The van der Waals surface area contributed by atoms with Gasteiger partial charge in [0.1, 0.15) is 5.75 Å². The maximum Gasteiger partial charge on any atom is 0.281 e. The van der Waals surface area contributed by atoms with Gasteiger partial charge in [-0.25, -0.2) is 4.98 Å². The van der Waals surface area contributed by atoms with E-state index >= 15 is 0 Å². The Bertz CT molecular complexity index is 1140. The molecule has 0 bridgehead atoms. The number of anilines is 1. The number of pyridine rings is 1. The number of fused-ring (bicyclic) bond motifs is 1. The lowest BCUT2D eigenvalue weighted by Gasteiger charge is -2.18. The van der Waals surface area contributed by atoms with Crippen molar-refractivity contribution in [2.45, 2.75) is 13.5 Å². The predicted octanol–water partition coefficient (Wildman–Crippen LogP) is 3.59. The van der Waals surface area contributed by atoms with Crippen LogP contribution >= 0.6 is 11.3 Å². The lowest BCUT2D eigenvalue weighted by Crippen LogP contribution is -2.31. The van der Waals surface area contributed by atoms with Crippen molar-refractivity contribution in [3.63, 3.8) is 0 Å². The summed E-state index contributed by atoms with van der Waals surface area (Å²) >= 11 is 1.44. The molecule has 0 aliphatic carbocycles. The number of amides is 1. The molecule has 1 aromatic carbocycles. The number of hydrogen-bond donors (Lipinski definition) is 0. The number of aromatic nitrogens is 4. The standard InChI is InChI=1S/C20H19N5O2S/c1-13-11-24(2)23-18(13)19(26)25(12-14-6-4-5-9-21-14)20-22-16-8-7-15(27-3)10-17(16)28-20/h4-11H,12H2,1-3H3. The van der Waals surface area contributed by atoms with E-state index in [9.17, 15) is 4.79 Å². The Labute approximate surface area is 166 Å². The Morgan fingerprint density at radius 3 is 2.82 bits per heavy atom. The van der Waals surface area contributed by atoms with E-state index in [2.05, 4.69) is 15.1 Å². The average Bonchev–Trinajstić information content (AvgIpc) is 3.27. The zero-order valence-electron chi connectivity index (χ0n) is 15.8. The number of methoxy groups -OCH3 is 1. The second kappa shape index (κ2) is 7.40. The SMILES string of the molecule is COc1ccc2nc(N(Cc3ccccn3)C(=O)c3nn(C)cc3C)sc2c1. The molecule has 7 nitrogen and oxygen atoms in total. The van der Waals surface area contributed by atoms with Gasteiger partial charge in [0.15, 0.2) is 10.8 Å². The van der Waals surface area contributed by atoms with Crippen LogP contribution in [-0.2, 0) is 13.6 Å². The molecule has 0 atom stereocenters. The molecule has 8 heteroatoms. The summed E-state index contributed by atoms with van der Waals surface area (Å²) in [5.74, 6) is 0.556. The molecule has 0 saturated carbocycles. The minimum absolute atomic E-state index is 0.199. The fourth-order valence-electron chi connectivity index (χ4n) is 2.96. The zero-order chi connectivity index (χ0) is 19.7. The summed E-state index contributed by atoms with van der Waals surface area (Å²) in [6.45, 7) is 2.19. The molecule has 4 aromatic rings. The van der Waals surface area contributed by atoms with Crippen LogP contribution in [0.1, 0.15) is 21.7 Å². The highest BCUT2D eigenvalue weighted by molar-refractivity contribution is 7.22. The van der Waals surface area contributed by atoms with Crippen LogP contribution in [0.15, 0.2) is 48.8 Å². The first-order valence-electron chi connectivity index (χ1n) is 8.72. The Kier molecular flexibility index (Phi) is 4.79. The number of nitrogens with zero attached hydrogens (tertiary/aromatic N) is 5. The lowest BCUT2D eigenvalue weighted by atomic mass is 10.2. The maximum atomic E-state index is 13.3. The van der Waals surface area contributed by atoms with Crippen LogP contribution in [0, 0.1) is 6.92 Å². The first-order valence-corrected chi connectivity index (χ1v) is 9.53. The van der Waals surface area contributed by atoms with E-state index in [-0.39, 0.29) is 5.91 Å². The van der Waals surface area contributed by atoms with Crippen LogP contribution in [0.2, 0.25) is 0 Å². The van der Waals surface area contributed by atoms with Gasteiger partial charge in [-0.2, -0.15) is 5.10 Å². The summed E-state index contributed by atoms with van der Waals surface area (Å²) < 4.78 is 7.89. The molecule has 3 aromatic heterocycles. The highest BCUT2D eigenvalue weighted by Gasteiger charge is 2.25. The number of rotatable bonds is 5. The number of carbonyl (C=O) groups excluding carboxylic acids is 1. The van der Waals surface area contributed by atoms with Gasteiger partial charge >= 0.3 is 0 Å². The molecule has 142 valence electrons. The molecule has 0 unspecified atom stereocenters. The fraction of sp³-hybridized carbons (Fsp3) is 0.200. The van der Waals surface area contributed by atoms with Crippen molar-refractivity contribution in [3.8, 4) is 5.75 Å². The summed E-state index contributed by atoms with van der Waals surface area (Å²) in [7, 11) is 3.43. The van der Waals surface area contributed by atoms with Gasteiger partial charge in [0.2, 0.25) is 0 Å². The van der Waals surface area contributed by atoms with Gasteiger partial charge in [-0.1, -0.05) is 17.4 Å². The Hall–Kier alpha value is -3.26. The van der Waals surface area contributed by atoms with E-state index < -0.39 is 0 Å². The van der Waals surface area contributed by atoms with Crippen LogP contribution < -0.4 is 9.64 Å². The highest BCUT2D eigenvalue weighted by atomic mass is 32.1. The molecule has 0 N–H and O–H groups in total. The summed E-state index contributed by atoms with van der Waals surface area (Å²) in [6.07, 6.45) is 3.54. The van der Waals surface area contributed by atoms with Crippen molar-refractivity contribution in [1.82, 2.24) is 19.7 Å². The summed E-state index contributed by atoms with van der Waals surface area (Å²) in [5, 5.41) is 4.94. The lowest BCUT2D eigenvalue weighted by molar-refractivity contribution is 0.0978. The quantitative estimate of drug-likeness (QED) is 0.518. The number of thiazole rings is 1. The van der Waals surface area contributed by atoms with Crippen molar-refractivity contribution in [2.24, 2.45) is 7.05 Å². The van der Waals surface area contributed by atoms with E-state index in [1.807, 2.05) is 49.5 Å². The van der Waals surface area contributed by atoms with E-state index in [0.29, 0.717) is 17.4 Å². The van der Waals surface area contributed by atoms with E-state index in [4.69, 9.17) is 4.74 Å². The number of aryl methyl sites for hydroxylation is 2. The predicted molar refractivity (Wildman–Crippen MR) is 109 cm³/mol. The molecule has 28 heavy (non-hydrogen) atoms. The monoisotopic (exact) mass is 393 g/mol. The summed E-state index contributed by atoms with van der Waals surface area (Å²) in [5.41, 5.74) is 2.83. The molecule has 4 rings (SSSR count). The van der Waals surface area contributed by atoms with Crippen LogP contribution in [0.25, 0.3) is 10.2 Å². The van der Waals surface area contributed by atoms with E-state index in [0.717, 1.165) is 27.2 Å². The molecule has 1 amide bonds. The Morgan fingerprint density at radius 2 is 2.14 bits per heavy atom. The minimum atomic E-state index is -0.199. The molecule has 0 aliphatic rings. The fourth-order valence-corrected chi connectivity index (χ4v) is 3.95. The van der Waals surface area contributed by atoms with Crippen molar-refractivity contribution >= 4 is 32.6 Å². The first kappa shape index (κ1) is 18.1. The number of ether oxygens (including phenoxy) is 1. The third-order valence-corrected chi connectivity index (χ3v) is 5.36. The highest BCUT2D eigenvalue weighted by Crippen LogP contribution is 2.33. The second-order valence-corrected chi connectivity index (χ2v) is 7.39. The second-order valence-electron chi connectivity index (χ2n) is 6.38. The molecule has 0 radical (unpaired) electrons. The smallest absolute Gasteiger partial charge is 0.281 e. The van der Waals surface area contributed by atoms with Crippen molar-refractivity contribution in [1.29, 1.82) is 0 Å². The number of carbonyl (C=O) groups is 1. The number of hydrogen-bond acceptors (Lipinski definition) is 6. The molecule has 0 spiro atoms. The number of benzene rings is 1. The first-order chi connectivity index (χ1) is 13.5. The van der Waals surface area contributed by atoms with Crippen LogP contribution in [-0.4, -0.2) is 32.8 Å². The van der Waals surface area contributed by atoms with E-state index in [1.54, 1.807) is 29.9 Å². The Balaban J connectivity index is 1.78. The van der Waals surface area contributed by atoms with Gasteiger partial charge in [-0.15, -0.1) is 0 Å². The average molecular weight is 393 g/mol. The van der Waals surface area contributed by atoms with Crippen molar-refractivity contribution in [3.05, 3.63) is 65.7 Å². The topological polar surface area (TPSA) is 73.1 Å². The normalized spacial score (nSPS) is 11.0. The van der Waals surface area contributed by atoms with Gasteiger partial charge in [0, 0.05) is 25.0 Å². The third kappa shape index (κ3) is 3.46. The largest absolute Gasteiger partial charge is 0.497 e. The summed E-state index contributed by atoms with van der Waals surface area (Å²) in [6, 6.07) is 11.3. The van der Waals surface area contributed by atoms with Crippen LogP contribution in [0.3, 0.4) is 0 Å². The molecule has 0 saturated heterocycles. The van der Waals surface area contributed by atoms with Gasteiger partial charge in [-0.3, -0.25) is 19.4 Å².